The number of aliphatic hydroxyl groups is 1. The van der Waals surface area contributed by atoms with Crippen LogP contribution in [0.3, 0.4) is 0 Å². The first-order valence-electron chi connectivity index (χ1n) is 18.0. The first kappa shape index (κ1) is 41.3. The molecule has 276 valence electrons. The molecule has 1 saturated heterocycles. The molecule has 7 N–H and O–H groups in total. The van der Waals surface area contributed by atoms with E-state index in [0.29, 0.717) is 25.8 Å². The van der Waals surface area contributed by atoms with Gasteiger partial charge < -0.3 is 37.0 Å². The lowest BCUT2D eigenvalue weighted by atomic mass is 9.83. The Morgan fingerprint density at radius 2 is 1.58 bits per heavy atom. The standard InChI is InChI=1S/C34H62FN7O6/c1-6-7-8-12-18-42-19-17-37-32(46)28(23(4)43)39-30(44)25(21-36)38-33(47)29(24-13-10-9-11-14-24)40-31(45)27(20-22(2)3)41(5)34(48)26(42)15-16-35/h22-29,43H,6-21,36H2,1-5H3,(H,37,46)(H,38,47)(H,39,44)(H,40,45)/t23-,25-,26-,27-,28-,29-/m0/s1. The molecule has 2 aliphatic rings. The molecule has 1 aliphatic heterocycles. The fraction of sp³-hybridized carbons (Fsp3) is 0.853. The summed E-state index contributed by atoms with van der Waals surface area (Å²) in [5, 5.41) is 21.3. The van der Waals surface area contributed by atoms with Crippen LogP contribution in [0.25, 0.3) is 0 Å². The highest BCUT2D eigenvalue weighted by Crippen LogP contribution is 2.27. The Morgan fingerprint density at radius 3 is 2.17 bits per heavy atom. The first-order chi connectivity index (χ1) is 22.9. The summed E-state index contributed by atoms with van der Waals surface area (Å²) >= 11 is 0. The van der Waals surface area contributed by atoms with Crippen molar-refractivity contribution in [2.75, 3.05) is 39.9 Å². The average Bonchev–Trinajstić information content (AvgIpc) is 3.06. The lowest BCUT2D eigenvalue weighted by molar-refractivity contribution is -0.145. The van der Waals surface area contributed by atoms with Crippen molar-refractivity contribution in [3.05, 3.63) is 0 Å². The molecule has 14 heteroatoms. The summed E-state index contributed by atoms with van der Waals surface area (Å²) in [6.45, 7) is 7.02. The minimum Gasteiger partial charge on any atom is -0.391 e. The van der Waals surface area contributed by atoms with Crippen LogP contribution >= 0.6 is 0 Å². The highest BCUT2D eigenvalue weighted by atomic mass is 19.1. The van der Waals surface area contributed by atoms with Gasteiger partial charge in [-0.2, -0.15) is 0 Å². The number of halogens is 1. The molecule has 2 fully saturated rings. The van der Waals surface area contributed by atoms with Gasteiger partial charge in [-0.1, -0.05) is 59.3 Å². The molecule has 48 heavy (non-hydrogen) atoms. The van der Waals surface area contributed by atoms with E-state index >= 15 is 0 Å². The van der Waals surface area contributed by atoms with E-state index in [1.807, 2.05) is 18.7 Å². The molecule has 0 radical (unpaired) electrons. The number of likely N-dealkylation sites (N-methyl/N-ethyl adjacent to an activating group) is 1. The molecule has 0 aromatic carbocycles. The molecule has 1 heterocycles. The number of unbranched alkanes of at least 4 members (excludes halogenated alkanes) is 3. The van der Waals surface area contributed by atoms with Gasteiger partial charge in [0.25, 0.3) is 0 Å². The van der Waals surface area contributed by atoms with Crippen molar-refractivity contribution in [2.45, 2.75) is 135 Å². The highest BCUT2D eigenvalue weighted by molar-refractivity contribution is 5.96. The number of alkyl halides is 1. The maximum atomic E-state index is 14.2. The molecule has 6 atom stereocenters. The molecule has 0 bridgehead atoms. The summed E-state index contributed by atoms with van der Waals surface area (Å²) in [6.07, 6.45) is 6.76. The Morgan fingerprint density at radius 1 is 0.896 bits per heavy atom. The maximum Gasteiger partial charge on any atom is 0.245 e. The van der Waals surface area contributed by atoms with Gasteiger partial charge in [0.2, 0.25) is 29.5 Å². The monoisotopic (exact) mass is 683 g/mol. The molecule has 0 aromatic rings. The fourth-order valence-electron chi connectivity index (χ4n) is 6.71. The number of nitrogens with two attached hydrogens (primary N) is 1. The zero-order chi connectivity index (χ0) is 35.8. The van der Waals surface area contributed by atoms with Gasteiger partial charge >= 0.3 is 0 Å². The number of rotatable bonds is 12. The minimum absolute atomic E-state index is 0.0166. The topological polar surface area (TPSA) is 186 Å². The van der Waals surface area contributed by atoms with E-state index in [2.05, 4.69) is 28.2 Å². The molecule has 2 rings (SSSR count). The van der Waals surface area contributed by atoms with Crippen LogP contribution < -0.4 is 27.0 Å². The largest absolute Gasteiger partial charge is 0.391 e. The predicted octanol–water partition coefficient (Wildman–Crippen LogP) is 0.974. The summed E-state index contributed by atoms with van der Waals surface area (Å²) in [7, 11) is 1.55. The number of nitrogens with zero attached hydrogens (tertiary/aromatic N) is 2. The van der Waals surface area contributed by atoms with Gasteiger partial charge in [0.05, 0.1) is 18.8 Å². The fourth-order valence-corrected chi connectivity index (χ4v) is 6.71. The number of carbonyl (C=O) groups is 5. The molecule has 1 saturated carbocycles. The number of aliphatic hydroxyl groups excluding tert-OH is 1. The van der Waals surface area contributed by atoms with Crippen molar-refractivity contribution < 1.29 is 33.5 Å². The Kier molecular flexibility index (Phi) is 18.3. The number of carbonyl (C=O) groups excluding carboxylic acids is 5. The lowest BCUT2D eigenvalue weighted by Crippen LogP contribution is -2.63. The molecular formula is C34H62FN7O6. The average molecular weight is 684 g/mol. The van der Waals surface area contributed by atoms with E-state index in [1.165, 1.54) is 11.8 Å². The van der Waals surface area contributed by atoms with Crippen LogP contribution in [0.1, 0.15) is 98.3 Å². The van der Waals surface area contributed by atoms with Crippen molar-refractivity contribution in [1.82, 2.24) is 31.1 Å². The summed E-state index contributed by atoms with van der Waals surface area (Å²) in [5.41, 5.74) is 5.90. The van der Waals surface area contributed by atoms with E-state index in [-0.39, 0.29) is 37.9 Å². The quantitative estimate of drug-likeness (QED) is 0.164. The van der Waals surface area contributed by atoms with Crippen LogP contribution in [0.4, 0.5) is 4.39 Å². The van der Waals surface area contributed by atoms with Crippen LogP contribution in [-0.4, -0.2) is 121 Å². The Balaban J connectivity index is 2.59. The SMILES string of the molecule is CCCCCCN1CCNC(=O)[C@H]([C@H](C)O)NC(=O)[C@H](CN)NC(=O)[C@H](C2CCCCC2)NC(=O)[C@H](CC(C)C)N(C)C(=O)[C@@H]1CCF. The smallest absolute Gasteiger partial charge is 0.245 e. The van der Waals surface area contributed by atoms with Gasteiger partial charge in [-0.15, -0.1) is 0 Å². The summed E-state index contributed by atoms with van der Waals surface area (Å²) in [5.74, 6) is -3.08. The van der Waals surface area contributed by atoms with Crippen molar-refractivity contribution >= 4 is 29.5 Å². The second kappa shape index (κ2) is 21.3. The van der Waals surface area contributed by atoms with Crippen molar-refractivity contribution in [3.8, 4) is 0 Å². The third-order valence-corrected chi connectivity index (χ3v) is 9.55. The van der Waals surface area contributed by atoms with Crippen molar-refractivity contribution in [1.29, 1.82) is 0 Å². The third kappa shape index (κ3) is 12.6. The molecule has 5 amide bonds. The normalized spacial score (nSPS) is 27.5. The van der Waals surface area contributed by atoms with E-state index in [4.69, 9.17) is 5.73 Å². The predicted molar refractivity (Wildman–Crippen MR) is 182 cm³/mol. The maximum absolute atomic E-state index is 14.2. The van der Waals surface area contributed by atoms with E-state index in [1.54, 1.807) is 7.05 Å². The molecule has 0 spiro atoms. The van der Waals surface area contributed by atoms with Gasteiger partial charge in [0, 0.05) is 33.1 Å². The number of amides is 5. The molecule has 1 aliphatic carbocycles. The van der Waals surface area contributed by atoms with Gasteiger partial charge in [-0.05, 0) is 51.0 Å². The third-order valence-electron chi connectivity index (χ3n) is 9.55. The zero-order valence-corrected chi connectivity index (χ0v) is 29.8. The Bertz CT molecular complexity index is 1040. The highest BCUT2D eigenvalue weighted by Gasteiger charge is 2.39. The number of nitrogens with one attached hydrogen (secondary N) is 4. The van der Waals surface area contributed by atoms with Gasteiger partial charge in [-0.3, -0.25) is 33.3 Å². The zero-order valence-electron chi connectivity index (χ0n) is 29.8. The summed E-state index contributed by atoms with van der Waals surface area (Å²) in [4.78, 5) is 71.9. The molecule has 0 unspecified atom stereocenters. The number of hydrogen-bond donors (Lipinski definition) is 6. The first-order valence-corrected chi connectivity index (χ1v) is 18.0. The van der Waals surface area contributed by atoms with Crippen LogP contribution in [0.5, 0.6) is 0 Å². The van der Waals surface area contributed by atoms with Gasteiger partial charge in [-0.25, -0.2) is 0 Å². The van der Waals surface area contributed by atoms with Gasteiger partial charge in [0.1, 0.15) is 24.2 Å². The Hall–Kier alpha value is -2.84. The summed E-state index contributed by atoms with van der Waals surface area (Å²) in [6, 6.07) is -5.40. The minimum atomic E-state index is -1.35. The molecular weight excluding hydrogens is 621 g/mol. The van der Waals surface area contributed by atoms with E-state index < -0.39 is 72.5 Å². The van der Waals surface area contributed by atoms with Crippen molar-refractivity contribution in [2.24, 2.45) is 17.6 Å². The van der Waals surface area contributed by atoms with Crippen LogP contribution in [0, 0.1) is 11.8 Å². The second-order valence-corrected chi connectivity index (χ2v) is 13.9. The van der Waals surface area contributed by atoms with E-state index in [0.717, 1.165) is 44.9 Å². The second-order valence-electron chi connectivity index (χ2n) is 13.9. The van der Waals surface area contributed by atoms with E-state index in [9.17, 15) is 33.5 Å². The lowest BCUT2D eigenvalue weighted by Gasteiger charge is -2.38. The van der Waals surface area contributed by atoms with Crippen molar-refractivity contribution in [3.63, 3.8) is 0 Å². The van der Waals surface area contributed by atoms with Crippen LogP contribution in [0.15, 0.2) is 0 Å². The molecule has 13 nitrogen and oxygen atoms in total. The number of hydrogen-bond acceptors (Lipinski definition) is 8. The Labute approximate surface area is 286 Å². The summed E-state index contributed by atoms with van der Waals surface area (Å²) < 4.78 is 14.1. The van der Waals surface area contributed by atoms with Gasteiger partial charge in [0.15, 0.2) is 0 Å². The van der Waals surface area contributed by atoms with Crippen LogP contribution in [0.2, 0.25) is 0 Å². The van der Waals surface area contributed by atoms with Crippen LogP contribution in [-0.2, 0) is 24.0 Å². The molecule has 0 aromatic heterocycles.